The second-order valence-electron chi connectivity index (χ2n) is 6.53. The number of likely N-dealkylation sites (N-methyl/N-ethyl adjacent to an activating group) is 1. The minimum Gasteiger partial charge on any atom is -0.495 e. The molecule has 2 fully saturated rings. The van der Waals surface area contributed by atoms with Crippen molar-refractivity contribution in [1.29, 1.82) is 0 Å². The van der Waals surface area contributed by atoms with E-state index in [9.17, 15) is 4.79 Å². The molecule has 1 unspecified atom stereocenters. The highest BCUT2D eigenvalue weighted by Crippen LogP contribution is 2.28. The molecule has 148 valence electrons. The van der Waals surface area contributed by atoms with Crippen molar-refractivity contribution in [2.24, 2.45) is 0 Å². The molecule has 1 amide bonds. The molecule has 0 bridgehead atoms. The second-order valence-corrected chi connectivity index (χ2v) is 6.53. The van der Waals surface area contributed by atoms with Gasteiger partial charge < -0.3 is 24.7 Å². The molecule has 2 aliphatic rings. The third-order valence-corrected chi connectivity index (χ3v) is 4.86. The summed E-state index contributed by atoms with van der Waals surface area (Å²) in [4.78, 5) is 17.9. The fourth-order valence-corrected chi connectivity index (χ4v) is 3.45. The quantitative estimate of drug-likeness (QED) is 0.741. The van der Waals surface area contributed by atoms with Crippen LogP contribution in [0.4, 0.5) is 10.5 Å². The van der Waals surface area contributed by atoms with Crippen molar-refractivity contribution < 1.29 is 19.7 Å². The molecule has 0 radical (unpaired) electrons. The molecule has 0 saturated carbocycles. The number of hydrogen-bond acceptors (Lipinski definition) is 5. The van der Waals surface area contributed by atoms with Crippen molar-refractivity contribution in [3.63, 3.8) is 0 Å². The highest BCUT2D eigenvalue weighted by Gasteiger charge is 2.28. The number of para-hydroxylation sites is 2. The van der Waals surface area contributed by atoms with Crippen molar-refractivity contribution in [2.75, 3.05) is 58.3 Å². The second kappa shape index (κ2) is 10.4. The predicted octanol–water partition coefficient (Wildman–Crippen LogP) is 1.65. The smallest absolute Gasteiger partial charge is 0.409 e. The number of carbonyl (C=O) groups is 1. The highest BCUT2D eigenvalue weighted by molar-refractivity contribution is 5.85. The first-order chi connectivity index (χ1) is 11.7. The number of amides is 1. The van der Waals surface area contributed by atoms with Crippen LogP contribution in [0.25, 0.3) is 0 Å². The molecule has 1 aromatic carbocycles. The number of anilines is 1. The largest absolute Gasteiger partial charge is 0.495 e. The van der Waals surface area contributed by atoms with Gasteiger partial charge in [-0.25, -0.2) is 4.79 Å². The first-order valence-corrected chi connectivity index (χ1v) is 8.69. The number of piperazine rings is 1. The molecule has 0 aliphatic carbocycles. The van der Waals surface area contributed by atoms with Crippen molar-refractivity contribution in [1.82, 2.24) is 9.80 Å². The number of methoxy groups -OCH3 is 1. The van der Waals surface area contributed by atoms with E-state index < -0.39 is 0 Å². The number of halogens is 1. The lowest BCUT2D eigenvalue weighted by molar-refractivity contribution is 0.126. The van der Waals surface area contributed by atoms with E-state index >= 15 is 0 Å². The number of carbonyl (C=O) groups excluding carboxylic acids is 1. The Balaban J connectivity index is 0.00000169. The normalized spacial score (nSPS) is 20.2. The van der Waals surface area contributed by atoms with Crippen LogP contribution in [0.15, 0.2) is 24.3 Å². The van der Waals surface area contributed by atoms with Crippen molar-refractivity contribution in [3.05, 3.63) is 24.3 Å². The van der Waals surface area contributed by atoms with Gasteiger partial charge in [-0.05, 0) is 31.5 Å². The Morgan fingerprint density at radius 1 is 1.19 bits per heavy atom. The maximum Gasteiger partial charge on any atom is 0.409 e. The zero-order chi connectivity index (χ0) is 16.9. The minimum atomic E-state index is -0.189. The topological polar surface area (TPSA) is 76.8 Å². The lowest BCUT2D eigenvalue weighted by Gasteiger charge is -2.36. The summed E-state index contributed by atoms with van der Waals surface area (Å²) in [5.74, 6) is 0.943. The standard InChI is InChI=1S/C18H27N3O3.ClH.H2O/c1-19-14-15(24-18(19)22)6-5-9-20-10-12-21(13-11-20)16-7-3-4-8-17(16)23-2;;/h3-4,7-8,15H,5-6,9-14H2,1-2H3;1H;1H2. The zero-order valence-electron chi connectivity index (χ0n) is 15.5. The molecule has 0 aromatic heterocycles. The van der Waals surface area contributed by atoms with Gasteiger partial charge in [0.25, 0.3) is 0 Å². The maximum absolute atomic E-state index is 11.3. The molecule has 2 saturated heterocycles. The van der Waals surface area contributed by atoms with E-state index in [1.165, 1.54) is 5.69 Å². The van der Waals surface area contributed by atoms with Crippen LogP contribution in [0, 0.1) is 0 Å². The van der Waals surface area contributed by atoms with Gasteiger partial charge in [0.15, 0.2) is 0 Å². The van der Waals surface area contributed by atoms with Crippen LogP contribution in [0.5, 0.6) is 5.75 Å². The molecular weight excluding hydrogens is 358 g/mol. The average molecular weight is 388 g/mol. The summed E-state index contributed by atoms with van der Waals surface area (Å²) in [5, 5.41) is 0. The number of hydrogen-bond donors (Lipinski definition) is 0. The van der Waals surface area contributed by atoms with Crippen molar-refractivity contribution >= 4 is 24.2 Å². The summed E-state index contributed by atoms with van der Waals surface area (Å²) < 4.78 is 10.8. The summed E-state index contributed by atoms with van der Waals surface area (Å²) in [5.41, 5.74) is 1.18. The van der Waals surface area contributed by atoms with Gasteiger partial charge in [0.05, 0.1) is 19.3 Å². The molecule has 7 nitrogen and oxygen atoms in total. The number of ether oxygens (including phenoxy) is 2. The Labute approximate surface area is 161 Å². The summed E-state index contributed by atoms with van der Waals surface area (Å²) in [6.45, 7) is 5.94. The lowest BCUT2D eigenvalue weighted by atomic mass is 10.1. The molecular formula is C18H30ClN3O4. The van der Waals surface area contributed by atoms with Gasteiger partial charge in [0.1, 0.15) is 11.9 Å². The minimum absolute atomic E-state index is 0. The van der Waals surface area contributed by atoms with E-state index in [2.05, 4.69) is 21.9 Å². The van der Waals surface area contributed by atoms with E-state index in [0.717, 1.165) is 57.9 Å². The maximum atomic E-state index is 11.3. The summed E-state index contributed by atoms with van der Waals surface area (Å²) in [6, 6.07) is 8.21. The van der Waals surface area contributed by atoms with E-state index in [0.29, 0.717) is 0 Å². The monoisotopic (exact) mass is 387 g/mol. The van der Waals surface area contributed by atoms with Gasteiger partial charge in [-0.15, -0.1) is 12.4 Å². The van der Waals surface area contributed by atoms with Crippen molar-refractivity contribution in [3.8, 4) is 5.75 Å². The Kier molecular flexibility index (Phi) is 8.98. The molecule has 26 heavy (non-hydrogen) atoms. The van der Waals surface area contributed by atoms with E-state index in [-0.39, 0.29) is 30.1 Å². The highest BCUT2D eigenvalue weighted by atomic mass is 35.5. The van der Waals surface area contributed by atoms with E-state index in [1.54, 1.807) is 19.1 Å². The number of cyclic esters (lactones) is 1. The predicted molar refractivity (Wildman–Crippen MR) is 105 cm³/mol. The first kappa shape index (κ1) is 22.3. The zero-order valence-corrected chi connectivity index (χ0v) is 16.3. The summed E-state index contributed by atoms with van der Waals surface area (Å²) in [7, 11) is 3.52. The van der Waals surface area contributed by atoms with Crippen LogP contribution in [0.3, 0.4) is 0 Å². The van der Waals surface area contributed by atoms with Gasteiger partial charge in [-0.1, -0.05) is 12.1 Å². The van der Waals surface area contributed by atoms with E-state index in [4.69, 9.17) is 9.47 Å². The van der Waals surface area contributed by atoms with Crippen LogP contribution < -0.4 is 9.64 Å². The molecule has 2 N–H and O–H groups in total. The number of benzene rings is 1. The fraction of sp³-hybridized carbons (Fsp3) is 0.611. The van der Waals surface area contributed by atoms with Crippen LogP contribution in [-0.2, 0) is 4.74 Å². The summed E-state index contributed by atoms with van der Waals surface area (Å²) in [6.07, 6.45) is 1.89. The first-order valence-electron chi connectivity index (χ1n) is 8.69. The van der Waals surface area contributed by atoms with Crippen LogP contribution >= 0.6 is 12.4 Å². The number of nitrogens with zero attached hydrogens (tertiary/aromatic N) is 3. The molecule has 8 heteroatoms. The van der Waals surface area contributed by atoms with Gasteiger partial charge in [0, 0.05) is 33.2 Å². The van der Waals surface area contributed by atoms with Gasteiger partial charge >= 0.3 is 6.09 Å². The SMILES string of the molecule is COc1ccccc1N1CCN(CCCC2CN(C)C(=O)O2)CC1.Cl.O. The third kappa shape index (κ3) is 5.40. The number of rotatable bonds is 6. The van der Waals surface area contributed by atoms with Gasteiger partial charge in [-0.2, -0.15) is 0 Å². The van der Waals surface area contributed by atoms with Crippen LogP contribution in [0.2, 0.25) is 0 Å². The van der Waals surface area contributed by atoms with Crippen LogP contribution in [-0.4, -0.2) is 80.9 Å². The molecule has 3 rings (SSSR count). The van der Waals surface area contributed by atoms with Gasteiger partial charge in [0.2, 0.25) is 0 Å². The Morgan fingerprint density at radius 2 is 1.88 bits per heavy atom. The molecule has 1 aromatic rings. The third-order valence-electron chi connectivity index (χ3n) is 4.86. The molecule has 2 heterocycles. The lowest BCUT2D eigenvalue weighted by Crippen LogP contribution is -2.46. The Bertz CT molecular complexity index is 567. The fourth-order valence-electron chi connectivity index (χ4n) is 3.45. The molecule has 1 atom stereocenters. The molecule has 2 aliphatic heterocycles. The van der Waals surface area contributed by atoms with E-state index in [1.807, 2.05) is 12.1 Å². The Hall–Kier alpha value is -1.70. The molecule has 0 spiro atoms. The van der Waals surface area contributed by atoms with Crippen molar-refractivity contribution in [2.45, 2.75) is 18.9 Å². The van der Waals surface area contributed by atoms with Crippen LogP contribution in [0.1, 0.15) is 12.8 Å². The van der Waals surface area contributed by atoms with Gasteiger partial charge in [-0.3, -0.25) is 4.90 Å². The summed E-state index contributed by atoms with van der Waals surface area (Å²) >= 11 is 0. The average Bonchev–Trinajstić information content (AvgIpc) is 2.93. The Morgan fingerprint density at radius 3 is 2.50 bits per heavy atom.